The Labute approximate surface area is 132 Å². The van der Waals surface area contributed by atoms with Crippen LogP contribution in [0.2, 0.25) is 10.0 Å². The second-order valence-electron chi connectivity index (χ2n) is 4.55. The van der Waals surface area contributed by atoms with Gasteiger partial charge >= 0.3 is 0 Å². The second-order valence-corrected chi connectivity index (χ2v) is 5.39. The highest BCUT2D eigenvalue weighted by Gasteiger charge is 2.18. The number of hydrogen-bond donors (Lipinski definition) is 1. The molecule has 6 heteroatoms. The van der Waals surface area contributed by atoms with Gasteiger partial charge in [0.25, 0.3) is 5.69 Å². The topological polar surface area (TPSA) is 55.2 Å². The summed E-state index contributed by atoms with van der Waals surface area (Å²) in [5, 5.41) is 15.3. The van der Waals surface area contributed by atoms with Crippen LogP contribution in [0.25, 0.3) is 0 Å². The summed E-state index contributed by atoms with van der Waals surface area (Å²) < 4.78 is 0. The van der Waals surface area contributed by atoms with Gasteiger partial charge in [0.1, 0.15) is 5.69 Å². The molecular formula is C15H14Cl2N2O2. The molecule has 0 aliphatic rings. The van der Waals surface area contributed by atoms with Crippen molar-refractivity contribution in [3.8, 4) is 0 Å². The fourth-order valence-corrected chi connectivity index (χ4v) is 2.67. The molecular weight excluding hydrogens is 311 g/mol. The second kappa shape index (κ2) is 6.78. The highest BCUT2D eigenvalue weighted by molar-refractivity contribution is 6.35. The highest BCUT2D eigenvalue weighted by atomic mass is 35.5. The Kier molecular flexibility index (Phi) is 5.04. The minimum atomic E-state index is -0.404. The predicted molar refractivity (Wildman–Crippen MR) is 86.2 cm³/mol. The van der Waals surface area contributed by atoms with Gasteiger partial charge in [-0.1, -0.05) is 48.3 Å². The molecule has 2 aromatic carbocycles. The monoisotopic (exact) mass is 324 g/mol. The molecule has 0 saturated heterocycles. The lowest BCUT2D eigenvalue weighted by Gasteiger charge is -2.20. The van der Waals surface area contributed by atoms with Gasteiger partial charge in [0.05, 0.1) is 11.0 Å². The summed E-state index contributed by atoms with van der Waals surface area (Å²) in [7, 11) is 0. The Bertz CT molecular complexity index is 662. The van der Waals surface area contributed by atoms with Crippen LogP contribution in [-0.4, -0.2) is 4.92 Å². The van der Waals surface area contributed by atoms with E-state index < -0.39 is 4.92 Å². The molecule has 0 spiro atoms. The molecule has 0 amide bonds. The van der Waals surface area contributed by atoms with Gasteiger partial charge in [-0.2, -0.15) is 0 Å². The Morgan fingerprint density at radius 1 is 1.24 bits per heavy atom. The smallest absolute Gasteiger partial charge is 0.292 e. The molecule has 0 heterocycles. The van der Waals surface area contributed by atoms with Crippen molar-refractivity contribution >= 4 is 34.6 Å². The van der Waals surface area contributed by atoms with Gasteiger partial charge in [-0.15, -0.1) is 0 Å². The van der Waals surface area contributed by atoms with E-state index in [4.69, 9.17) is 23.2 Å². The Hall–Kier alpha value is -1.78. The minimum Gasteiger partial charge on any atom is -0.373 e. The number of halogens is 2. The van der Waals surface area contributed by atoms with Crippen LogP contribution in [0, 0.1) is 10.1 Å². The molecule has 0 bridgehead atoms. The molecule has 21 heavy (non-hydrogen) atoms. The van der Waals surface area contributed by atoms with Gasteiger partial charge in [0.15, 0.2) is 0 Å². The summed E-state index contributed by atoms with van der Waals surface area (Å²) >= 11 is 12.1. The standard InChI is InChI=1S/C15H14Cl2N2O2/c1-2-13(11-8-7-10(16)9-12(11)17)18-14-5-3-4-6-15(14)19(20)21/h3-9,13,18H,2H2,1H3. The van der Waals surface area contributed by atoms with E-state index in [9.17, 15) is 10.1 Å². The van der Waals surface area contributed by atoms with Crippen molar-refractivity contribution in [1.29, 1.82) is 0 Å². The predicted octanol–water partition coefficient (Wildman–Crippen LogP) is 5.46. The van der Waals surface area contributed by atoms with E-state index >= 15 is 0 Å². The Morgan fingerprint density at radius 3 is 2.57 bits per heavy atom. The van der Waals surface area contributed by atoms with Crippen LogP contribution in [0.4, 0.5) is 11.4 Å². The molecule has 1 unspecified atom stereocenters. The first-order chi connectivity index (χ1) is 10.0. The van der Waals surface area contributed by atoms with Gasteiger partial charge in [0.2, 0.25) is 0 Å². The number of para-hydroxylation sites is 2. The number of nitrogens with zero attached hydrogens (tertiary/aromatic N) is 1. The number of benzene rings is 2. The number of nitro groups is 1. The van der Waals surface area contributed by atoms with Crippen LogP contribution in [0.1, 0.15) is 24.9 Å². The molecule has 0 radical (unpaired) electrons. The minimum absolute atomic E-state index is 0.0426. The van der Waals surface area contributed by atoms with Gasteiger partial charge in [-0.3, -0.25) is 10.1 Å². The number of nitrogens with one attached hydrogen (secondary N) is 1. The van der Waals surface area contributed by atoms with E-state index in [1.165, 1.54) is 6.07 Å². The zero-order chi connectivity index (χ0) is 15.4. The van der Waals surface area contributed by atoms with Gasteiger partial charge in [-0.25, -0.2) is 0 Å². The van der Waals surface area contributed by atoms with Gasteiger partial charge in [0, 0.05) is 16.1 Å². The summed E-state index contributed by atoms with van der Waals surface area (Å²) in [6.07, 6.45) is 0.730. The van der Waals surface area contributed by atoms with Crippen molar-refractivity contribution in [2.75, 3.05) is 5.32 Å². The molecule has 0 saturated carbocycles. The Morgan fingerprint density at radius 2 is 1.95 bits per heavy atom. The van der Waals surface area contributed by atoms with Crippen LogP contribution >= 0.6 is 23.2 Å². The first-order valence-electron chi connectivity index (χ1n) is 6.47. The largest absolute Gasteiger partial charge is 0.373 e. The SMILES string of the molecule is CCC(Nc1ccccc1[N+](=O)[O-])c1ccc(Cl)cc1Cl. The third-order valence-electron chi connectivity index (χ3n) is 3.18. The van der Waals surface area contributed by atoms with Crippen molar-refractivity contribution in [2.24, 2.45) is 0 Å². The maximum atomic E-state index is 11.1. The van der Waals surface area contributed by atoms with Crippen molar-refractivity contribution in [1.82, 2.24) is 0 Å². The molecule has 4 nitrogen and oxygen atoms in total. The molecule has 1 N–H and O–H groups in total. The van der Waals surface area contributed by atoms with E-state index in [1.54, 1.807) is 30.3 Å². The van der Waals surface area contributed by atoms with Gasteiger partial charge in [-0.05, 0) is 30.2 Å². The summed E-state index contributed by atoms with van der Waals surface area (Å²) in [6, 6.07) is 11.7. The third kappa shape index (κ3) is 3.65. The van der Waals surface area contributed by atoms with Crippen LogP contribution in [0.5, 0.6) is 0 Å². The molecule has 1 atom stereocenters. The summed E-state index contributed by atoms with van der Waals surface area (Å²) in [4.78, 5) is 10.7. The Balaban J connectivity index is 2.34. The number of rotatable bonds is 5. The maximum absolute atomic E-state index is 11.1. The molecule has 110 valence electrons. The number of nitro benzene ring substituents is 1. The lowest BCUT2D eigenvalue weighted by molar-refractivity contribution is -0.384. The van der Waals surface area contributed by atoms with Crippen molar-refractivity contribution in [3.05, 3.63) is 68.2 Å². The van der Waals surface area contributed by atoms with Crippen LogP contribution < -0.4 is 5.32 Å². The summed E-state index contributed by atoms with van der Waals surface area (Å²) in [5.74, 6) is 0. The van der Waals surface area contributed by atoms with Crippen LogP contribution in [0.3, 0.4) is 0 Å². The summed E-state index contributed by atoms with van der Waals surface area (Å²) in [6.45, 7) is 1.98. The fraction of sp³-hybridized carbons (Fsp3) is 0.200. The van der Waals surface area contributed by atoms with E-state index in [0.717, 1.165) is 12.0 Å². The van der Waals surface area contributed by atoms with E-state index in [2.05, 4.69) is 5.32 Å². The van der Waals surface area contributed by atoms with E-state index in [0.29, 0.717) is 15.7 Å². The molecule has 0 fully saturated rings. The fourth-order valence-electron chi connectivity index (χ4n) is 2.13. The van der Waals surface area contributed by atoms with Crippen molar-refractivity contribution in [2.45, 2.75) is 19.4 Å². The first-order valence-corrected chi connectivity index (χ1v) is 7.23. The molecule has 2 aromatic rings. The molecule has 2 rings (SSSR count). The number of anilines is 1. The molecule has 0 aliphatic heterocycles. The zero-order valence-corrected chi connectivity index (χ0v) is 12.9. The van der Waals surface area contributed by atoms with Crippen molar-refractivity contribution in [3.63, 3.8) is 0 Å². The van der Waals surface area contributed by atoms with Crippen LogP contribution in [0.15, 0.2) is 42.5 Å². The third-order valence-corrected chi connectivity index (χ3v) is 3.74. The highest BCUT2D eigenvalue weighted by Crippen LogP contribution is 2.33. The summed E-state index contributed by atoms with van der Waals surface area (Å²) in [5.41, 5.74) is 1.38. The van der Waals surface area contributed by atoms with Gasteiger partial charge < -0.3 is 5.32 Å². The lowest BCUT2D eigenvalue weighted by Crippen LogP contribution is -2.11. The average Bonchev–Trinajstić information content (AvgIpc) is 2.45. The first kappa shape index (κ1) is 15.6. The van der Waals surface area contributed by atoms with Crippen LogP contribution in [-0.2, 0) is 0 Å². The van der Waals surface area contributed by atoms with E-state index in [1.807, 2.05) is 13.0 Å². The zero-order valence-electron chi connectivity index (χ0n) is 11.3. The molecule has 0 aromatic heterocycles. The molecule has 0 aliphatic carbocycles. The quantitative estimate of drug-likeness (QED) is 0.586. The number of hydrogen-bond acceptors (Lipinski definition) is 3. The average molecular weight is 325 g/mol. The lowest BCUT2D eigenvalue weighted by atomic mass is 10.0. The maximum Gasteiger partial charge on any atom is 0.292 e. The van der Waals surface area contributed by atoms with E-state index in [-0.39, 0.29) is 11.7 Å². The normalized spacial score (nSPS) is 12.0. The van der Waals surface area contributed by atoms with Crippen molar-refractivity contribution < 1.29 is 4.92 Å².